The number of fused-ring (bicyclic) bond motifs is 1. The molecular formula is C28H30ClFN4O5. The van der Waals surface area contributed by atoms with E-state index in [1.54, 1.807) is 55.8 Å². The van der Waals surface area contributed by atoms with Crippen molar-refractivity contribution < 1.29 is 28.3 Å². The number of rotatable bonds is 9. The van der Waals surface area contributed by atoms with Gasteiger partial charge in [0.05, 0.1) is 11.6 Å². The van der Waals surface area contributed by atoms with Crippen LogP contribution in [0.3, 0.4) is 0 Å². The van der Waals surface area contributed by atoms with E-state index in [1.165, 1.54) is 17.0 Å². The van der Waals surface area contributed by atoms with Gasteiger partial charge < -0.3 is 19.5 Å². The fourth-order valence-electron chi connectivity index (χ4n) is 4.18. The summed E-state index contributed by atoms with van der Waals surface area (Å²) in [6.45, 7) is 4.95. The molecule has 1 saturated carbocycles. The maximum absolute atomic E-state index is 14.1. The van der Waals surface area contributed by atoms with Gasteiger partial charge in [-0.2, -0.15) is 0 Å². The van der Waals surface area contributed by atoms with E-state index in [0.717, 1.165) is 12.8 Å². The predicted molar refractivity (Wildman–Crippen MR) is 145 cm³/mol. The average molecular weight is 557 g/mol. The second-order valence-corrected chi connectivity index (χ2v) is 10.8. The Bertz CT molecular complexity index is 1430. The lowest BCUT2D eigenvalue weighted by Gasteiger charge is -2.22. The zero-order chi connectivity index (χ0) is 28.3. The predicted octanol–water partition coefficient (Wildman–Crippen LogP) is 4.90. The lowest BCUT2D eigenvalue weighted by Crippen LogP contribution is -2.43. The standard InChI is InChI=1S/C28H30ClFN4O5/c1-28(2,3)39-27(38)32-19-7-10-23-21(11-19)18(16-35)13-33(23)15-25(37)34(20-8-9-20)14-24(36)31-12-17-5-4-6-22(29)26(17)30/h4-7,10-11,13,16,20H,8-9,12,14-15H2,1-3H3,(H,31,36)(H,32,38). The van der Waals surface area contributed by atoms with Crippen molar-refractivity contribution in [2.75, 3.05) is 11.9 Å². The largest absolute Gasteiger partial charge is 0.444 e. The van der Waals surface area contributed by atoms with Gasteiger partial charge in [0.2, 0.25) is 11.8 Å². The van der Waals surface area contributed by atoms with E-state index in [9.17, 15) is 23.6 Å². The molecule has 9 nitrogen and oxygen atoms in total. The van der Waals surface area contributed by atoms with Crippen LogP contribution in [-0.2, 0) is 27.4 Å². The van der Waals surface area contributed by atoms with Crippen molar-refractivity contribution in [2.45, 2.75) is 58.3 Å². The van der Waals surface area contributed by atoms with Gasteiger partial charge in [-0.3, -0.25) is 19.7 Å². The average Bonchev–Trinajstić information content (AvgIpc) is 3.64. The van der Waals surface area contributed by atoms with E-state index in [4.69, 9.17) is 16.3 Å². The molecule has 1 aliphatic carbocycles. The van der Waals surface area contributed by atoms with Gasteiger partial charge in [0, 0.05) is 46.5 Å². The molecule has 0 unspecified atom stereocenters. The number of aldehydes is 1. The number of aromatic nitrogens is 1. The Morgan fingerprint density at radius 1 is 1.21 bits per heavy atom. The summed E-state index contributed by atoms with van der Waals surface area (Å²) in [6.07, 6.45) is 3.20. The van der Waals surface area contributed by atoms with Crippen molar-refractivity contribution in [3.05, 3.63) is 64.6 Å². The summed E-state index contributed by atoms with van der Waals surface area (Å²) in [5, 5.41) is 5.83. The highest BCUT2D eigenvalue weighted by Gasteiger charge is 2.34. The maximum atomic E-state index is 14.1. The smallest absolute Gasteiger partial charge is 0.412 e. The van der Waals surface area contributed by atoms with Gasteiger partial charge in [-0.1, -0.05) is 23.7 Å². The van der Waals surface area contributed by atoms with Crippen molar-refractivity contribution in [3.8, 4) is 0 Å². The molecule has 3 amide bonds. The van der Waals surface area contributed by atoms with Crippen LogP contribution >= 0.6 is 11.6 Å². The van der Waals surface area contributed by atoms with Crippen LogP contribution in [0.4, 0.5) is 14.9 Å². The first-order valence-corrected chi connectivity index (χ1v) is 12.9. The lowest BCUT2D eigenvalue weighted by atomic mass is 10.1. The summed E-state index contributed by atoms with van der Waals surface area (Å²) in [5.41, 5.74) is 1.00. The Labute approximate surface area is 230 Å². The van der Waals surface area contributed by atoms with Gasteiger partial charge in [-0.05, 0) is 57.9 Å². The van der Waals surface area contributed by atoms with Crippen LogP contribution in [0.1, 0.15) is 49.5 Å². The van der Waals surface area contributed by atoms with Gasteiger partial charge in [-0.25, -0.2) is 9.18 Å². The summed E-state index contributed by atoms with van der Waals surface area (Å²) < 4.78 is 21.1. The number of nitrogens with zero attached hydrogens (tertiary/aromatic N) is 2. The first-order valence-electron chi connectivity index (χ1n) is 12.5. The van der Waals surface area contributed by atoms with Crippen molar-refractivity contribution in [1.82, 2.24) is 14.8 Å². The number of carbonyl (C=O) groups is 4. The third-order valence-corrected chi connectivity index (χ3v) is 6.41. The first-order chi connectivity index (χ1) is 18.4. The minimum atomic E-state index is -0.665. The van der Waals surface area contributed by atoms with Gasteiger partial charge in [0.1, 0.15) is 18.0 Å². The van der Waals surface area contributed by atoms with Crippen LogP contribution in [0.25, 0.3) is 10.9 Å². The number of benzene rings is 2. The molecule has 3 aromatic rings. The van der Waals surface area contributed by atoms with E-state index in [0.29, 0.717) is 28.4 Å². The highest BCUT2D eigenvalue weighted by atomic mass is 35.5. The second-order valence-electron chi connectivity index (χ2n) is 10.4. The Morgan fingerprint density at radius 3 is 2.62 bits per heavy atom. The van der Waals surface area contributed by atoms with E-state index in [-0.39, 0.29) is 42.2 Å². The summed E-state index contributed by atoms with van der Waals surface area (Å²) in [6, 6.07) is 9.50. The third-order valence-electron chi connectivity index (χ3n) is 6.12. The number of ether oxygens (including phenoxy) is 1. The van der Waals surface area contributed by atoms with E-state index < -0.39 is 23.4 Å². The van der Waals surface area contributed by atoms with Crippen LogP contribution in [0.15, 0.2) is 42.6 Å². The molecule has 11 heteroatoms. The number of carbonyl (C=O) groups excluding carboxylic acids is 4. The molecule has 206 valence electrons. The number of anilines is 1. The fourth-order valence-corrected chi connectivity index (χ4v) is 4.38. The van der Waals surface area contributed by atoms with Gasteiger partial charge in [-0.15, -0.1) is 0 Å². The molecule has 4 rings (SSSR count). The third kappa shape index (κ3) is 7.14. The molecule has 1 aliphatic rings. The minimum Gasteiger partial charge on any atom is -0.444 e. The molecule has 1 heterocycles. The van der Waals surface area contributed by atoms with Gasteiger partial charge in [0.25, 0.3) is 0 Å². The van der Waals surface area contributed by atoms with E-state index in [1.807, 2.05) is 0 Å². The molecule has 1 fully saturated rings. The summed E-state index contributed by atoms with van der Waals surface area (Å²) in [5.74, 6) is -1.30. The van der Waals surface area contributed by atoms with Gasteiger partial charge in [0.15, 0.2) is 6.29 Å². The summed E-state index contributed by atoms with van der Waals surface area (Å²) >= 11 is 5.80. The fraction of sp³-hybridized carbons (Fsp3) is 0.357. The quantitative estimate of drug-likeness (QED) is 0.364. The molecule has 0 saturated heterocycles. The topological polar surface area (TPSA) is 110 Å². The SMILES string of the molecule is CC(C)(C)OC(=O)Nc1ccc2c(c1)c(C=O)cn2CC(=O)N(CC(=O)NCc1cccc(Cl)c1F)C1CC1. The molecule has 2 N–H and O–H groups in total. The molecular weight excluding hydrogens is 527 g/mol. The van der Waals surface area contributed by atoms with Crippen LogP contribution in [-0.4, -0.2) is 51.8 Å². The van der Waals surface area contributed by atoms with Crippen LogP contribution in [0.2, 0.25) is 5.02 Å². The molecule has 0 radical (unpaired) electrons. The lowest BCUT2D eigenvalue weighted by molar-refractivity contribution is -0.137. The van der Waals surface area contributed by atoms with Gasteiger partial charge >= 0.3 is 6.09 Å². The Hall–Kier alpha value is -3.92. The highest BCUT2D eigenvalue weighted by Crippen LogP contribution is 2.29. The zero-order valence-electron chi connectivity index (χ0n) is 21.9. The van der Waals surface area contributed by atoms with Crippen LogP contribution < -0.4 is 10.6 Å². The van der Waals surface area contributed by atoms with Crippen LogP contribution in [0.5, 0.6) is 0 Å². The summed E-state index contributed by atoms with van der Waals surface area (Å²) in [7, 11) is 0. The second kappa shape index (κ2) is 11.4. The summed E-state index contributed by atoms with van der Waals surface area (Å²) in [4.78, 5) is 51.3. The van der Waals surface area contributed by atoms with Crippen molar-refractivity contribution in [3.63, 3.8) is 0 Å². The molecule has 0 aliphatic heterocycles. The molecule has 0 atom stereocenters. The maximum Gasteiger partial charge on any atom is 0.412 e. The normalized spacial score (nSPS) is 13.2. The molecule has 1 aromatic heterocycles. The van der Waals surface area contributed by atoms with Crippen molar-refractivity contribution >= 4 is 52.4 Å². The van der Waals surface area contributed by atoms with Crippen LogP contribution in [0, 0.1) is 5.82 Å². The first kappa shape index (κ1) is 28.1. The monoisotopic (exact) mass is 556 g/mol. The minimum absolute atomic E-state index is 0.0297. The van der Waals surface area contributed by atoms with E-state index >= 15 is 0 Å². The number of halogens is 2. The van der Waals surface area contributed by atoms with Crippen molar-refractivity contribution in [1.29, 1.82) is 0 Å². The number of hydrogen-bond acceptors (Lipinski definition) is 5. The molecule has 0 bridgehead atoms. The molecule has 39 heavy (non-hydrogen) atoms. The Kier molecular flexibility index (Phi) is 8.25. The highest BCUT2D eigenvalue weighted by molar-refractivity contribution is 6.30. The molecule has 0 spiro atoms. The number of nitrogens with one attached hydrogen (secondary N) is 2. The Morgan fingerprint density at radius 2 is 1.95 bits per heavy atom. The Balaban J connectivity index is 1.45. The number of amides is 3. The zero-order valence-corrected chi connectivity index (χ0v) is 22.7. The van der Waals surface area contributed by atoms with E-state index in [2.05, 4.69) is 10.6 Å². The number of hydrogen-bond donors (Lipinski definition) is 2. The van der Waals surface area contributed by atoms with Crippen molar-refractivity contribution in [2.24, 2.45) is 0 Å². The molecule has 2 aromatic carbocycles.